The maximum absolute atomic E-state index is 8.98. The lowest BCUT2D eigenvalue weighted by molar-refractivity contribution is 0.587. The van der Waals surface area contributed by atoms with Gasteiger partial charge in [0, 0.05) is 0 Å². The van der Waals surface area contributed by atoms with Crippen molar-refractivity contribution < 1.29 is 0 Å². The van der Waals surface area contributed by atoms with Crippen molar-refractivity contribution >= 4 is 23.2 Å². The van der Waals surface area contributed by atoms with Crippen LogP contribution in [0.25, 0.3) is 0 Å². The van der Waals surface area contributed by atoms with Crippen LogP contribution in [0.4, 0.5) is 0 Å². The van der Waals surface area contributed by atoms with Gasteiger partial charge in [0.25, 0.3) is 0 Å². The van der Waals surface area contributed by atoms with E-state index < -0.39 is 0 Å². The average molecular weight is 228 g/mol. The van der Waals surface area contributed by atoms with E-state index >= 15 is 0 Å². The van der Waals surface area contributed by atoms with Gasteiger partial charge in [-0.15, -0.1) is 0 Å². The molecule has 1 aromatic carbocycles. The first-order valence-corrected chi connectivity index (χ1v) is 5.16. The highest BCUT2D eigenvalue weighted by atomic mass is 35.5. The Labute approximate surface area is 94.3 Å². The third-order valence-electron chi connectivity index (χ3n) is 2.11. The molecule has 0 aliphatic carbocycles. The number of nitriles is 1. The van der Waals surface area contributed by atoms with E-state index in [-0.39, 0.29) is 11.8 Å². The molecule has 0 saturated carbocycles. The molecule has 1 aromatic rings. The molecule has 0 fully saturated rings. The molecule has 0 aromatic heterocycles. The van der Waals surface area contributed by atoms with Gasteiger partial charge in [0.2, 0.25) is 0 Å². The Morgan fingerprint density at radius 1 is 1.21 bits per heavy atom. The van der Waals surface area contributed by atoms with Crippen LogP contribution < -0.4 is 0 Å². The summed E-state index contributed by atoms with van der Waals surface area (Å²) in [6.45, 7) is 4.02. The highest BCUT2D eigenvalue weighted by Crippen LogP contribution is 2.29. The minimum Gasteiger partial charge on any atom is -0.198 e. The van der Waals surface area contributed by atoms with Gasteiger partial charge in [-0.25, -0.2) is 0 Å². The Balaban J connectivity index is 3.08. The van der Waals surface area contributed by atoms with E-state index in [1.165, 1.54) is 0 Å². The fourth-order valence-electron chi connectivity index (χ4n) is 1.31. The molecule has 0 heterocycles. The molecule has 14 heavy (non-hydrogen) atoms. The SMILES string of the molecule is CC(C)C(C#N)c1ccc(Cl)c(Cl)c1. The van der Waals surface area contributed by atoms with E-state index in [9.17, 15) is 0 Å². The van der Waals surface area contributed by atoms with Gasteiger partial charge >= 0.3 is 0 Å². The first kappa shape index (κ1) is 11.4. The summed E-state index contributed by atoms with van der Waals surface area (Å²) in [5.74, 6) is 0.155. The van der Waals surface area contributed by atoms with Crippen molar-refractivity contribution in [3.8, 4) is 6.07 Å². The van der Waals surface area contributed by atoms with Crippen LogP contribution in [0.2, 0.25) is 10.0 Å². The van der Waals surface area contributed by atoms with Gasteiger partial charge in [0.05, 0.1) is 22.0 Å². The summed E-state index contributed by atoms with van der Waals surface area (Å²) in [6, 6.07) is 7.60. The van der Waals surface area contributed by atoms with Gasteiger partial charge in [-0.1, -0.05) is 43.1 Å². The van der Waals surface area contributed by atoms with Gasteiger partial charge in [-0.05, 0) is 23.6 Å². The van der Waals surface area contributed by atoms with Crippen LogP contribution in [-0.2, 0) is 0 Å². The fourth-order valence-corrected chi connectivity index (χ4v) is 1.62. The summed E-state index contributed by atoms with van der Waals surface area (Å²) in [6.07, 6.45) is 0. The standard InChI is InChI=1S/C11H11Cl2N/c1-7(2)9(6-14)8-3-4-10(12)11(13)5-8/h3-5,7,9H,1-2H3. The van der Waals surface area contributed by atoms with Crippen LogP contribution in [0.1, 0.15) is 25.3 Å². The lowest BCUT2D eigenvalue weighted by Crippen LogP contribution is -2.03. The molecule has 0 aliphatic heterocycles. The van der Waals surface area contributed by atoms with Gasteiger partial charge < -0.3 is 0 Å². The van der Waals surface area contributed by atoms with Gasteiger partial charge in [0.1, 0.15) is 0 Å². The van der Waals surface area contributed by atoms with Crippen LogP contribution in [-0.4, -0.2) is 0 Å². The molecule has 1 unspecified atom stereocenters. The molecule has 74 valence electrons. The molecule has 0 radical (unpaired) electrons. The molecule has 0 spiro atoms. The van der Waals surface area contributed by atoms with Crippen LogP contribution in [0.5, 0.6) is 0 Å². The first-order chi connectivity index (χ1) is 6.56. The second-order valence-corrected chi connectivity index (χ2v) is 4.34. The molecule has 0 saturated heterocycles. The van der Waals surface area contributed by atoms with Crippen molar-refractivity contribution in [3.63, 3.8) is 0 Å². The maximum Gasteiger partial charge on any atom is 0.0736 e. The van der Waals surface area contributed by atoms with Crippen molar-refractivity contribution in [2.75, 3.05) is 0 Å². The zero-order valence-electron chi connectivity index (χ0n) is 8.09. The molecular formula is C11H11Cl2N. The minimum absolute atomic E-state index is 0.121. The fraction of sp³-hybridized carbons (Fsp3) is 0.364. The highest BCUT2D eigenvalue weighted by molar-refractivity contribution is 6.42. The molecule has 0 aliphatic rings. The van der Waals surface area contributed by atoms with Crippen molar-refractivity contribution in [2.24, 2.45) is 5.92 Å². The molecule has 0 N–H and O–H groups in total. The van der Waals surface area contributed by atoms with E-state index in [2.05, 4.69) is 6.07 Å². The monoisotopic (exact) mass is 227 g/mol. The summed E-state index contributed by atoms with van der Waals surface area (Å²) in [5, 5.41) is 10.0. The highest BCUT2D eigenvalue weighted by Gasteiger charge is 2.15. The van der Waals surface area contributed by atoms with Crippen molar-refractivity contribution in [2.45, 2.75) is 19.8 Å². The summed E-state index contributed by atoms with van der Waals surface area (Å²) >= 11 is 11.7. The van der Waals surface area contributed by atoms with E-state index in [0.29, 0.717) is 10.0 Å². The van der Waals surface area contributed by atoms with Crippen LogP contribution >= 0.6 is 23.2 Å². The summed E-state index contributed by atoms with van der Waals surface area (Å²) in [4.78, 5) is 0. The summed E-state index contributed by atoms with van der Waals surface area (Å²) in [5.41, 5.74) is 0.928. The Kier molecular flexibility index (Phi) is 3.80. The van der Waals surface area contributed by atoms with Crippen molar-refractivity contribution in [1.82, 2.24) is 0 Å². The number of rotatable bonds is 2. The average Bonchev–Trinajstić information content (AvgIpc) is 2.11. The lowest BCUT2D eigenvalue weighted by atomic mass is 9.90. The Hall–Kier alpha value is -0.710. The van der Waals surface area contributed by atoms with E-state index in [0.717, 1.165) is 5.56 Å². The number of nitrogens with zero attached hydrogens (tertiary/aromatic N) is 1. The summed E-state index contributed by atoms with van der Waals surface area (Å²) in [7, 11) is 0. The topological polar surface area (TPSA) is 23.8 Å². The van der Waals surface area contributed by atoms with E-state index in [4.69, 9.17) is 28.5 Å². The lowest BCUT2D eigenvalue weighted by Gasteiger charge is -2.13. The molecule has 0 amide bonds. The van der Waals surface area contributed by atoms with Crippen molar-refractivity contribution in [1.29, 1.82) is 5.26 Å². The molecule has 1 atom stereocenters. The minimum atomic E-state index is -0.121. The predicted molar refractivity (Wildman–Crippen MR) is 59.7 cm³/mol. The second kappa shape index (κ2) is 4.68. The zero-order valence-corrected chi connectivity index (χ0v) is 9.60. The predicted octanol–water partition coefficient (Wildman–Crippen LogP) is 4.26. The summed E-state index contributed by atoms with van der Waals surface area (Å²) < 4.78 is 0. The third kappa shape index (κ3) is 2.41. The molecular weight excluding hydrogens is 217 g/mol. The number of benzene rings is 1. The van der Waals surface area contributed by atoms with Crippen LogP contribution in [0.3, 0.4) is 0 Å². The smallest absolute Gasteiger partial charge is 0.0736 e. The molecule has 1 nitrogen and oxygen atoms in total. The number of hydrogen-bond donors (Lipinski definition) is 0. The van der Waals surface area contributed by atoms with Crippen LogP contribution in [0.15, 0.2) is 18.2 Å². The number of halogens is 2. The number of hydrogen-bond acceptors (Lipinski definition) is 1. The zero-order chi connectivity index (χ0) is 10.7. The van der Waals surface area contributed by atoms with Crippen LogP contribution in [0, 0.1) is 17.2 Å². The van der Waals surface area contributed by atoms with Gasteiger partial charge in [-0.3, -0.25) is 0 Å². The molecule has 0 bridgehead atoms. The van der Waals surface area contributed by atoms with Gasteiger partial charge in [-0.2, -0.15) is 5.26 Å². The first-order valence-electron chi connectivity index (χ1n) is 4.40. The largest absolute Gasteiger partial charge is 0.198 e. The molecule has 3 heteroatoms. The third-order valence-corrected chi connectivity index (χ3v) is 2.85. The normalized spacial score (nSPS) is 12.6. The quantitative estimate of drug-likeness (QED) is 0.741. The Morgan fingerprint density at radius 2 is 1.86 bits per heavy atom. The Bertz CT molecular complexity index is 366. The maximum atomic E-state index is 8.98. The van der Waals surface area contributed by atoms with Crippen molar-refractivity contribution in [3.05, 3.63) is 33.8 Å². The van der Waals surface area contributed by atoms with E-state index in [1.807, 2.05) is 19.9 Å². The second-order valence-electron chi connectivity index (χ2n) is 3.52. The molecule has 1 rings (SSSR count). The van der Waals surface area contributed by atoms with Gasteiger partial charge in [0.15, 0.2) is 0 Å². The Morgan fingerprint density at radius 3 is 2.29 bits per heavy atom. The van der Waals surface area contributed by atoms with E-state index in [1.54, 1.807) is 12.1 Å².